The molecule has 0 aliphatic carbocycles. The van der Waals surface area contributed by atoms with Crippen molar-refractivity contribution in [3.63, 3.8) is 0 Å². The minimum Gasteiger partial charge on any atom is -0.313 e. The van der Waals surface area contributed by atoms with Gasteiger partial charge in [0.2, 0.25) is 0 Å². The Balaban J connectivity index is 2.71. The minimum atomic E-state index is -0.140. The van der Waals surface area contributed by atoms with Gasteiger partial charge >= 0.3 is 0 Å². The van der Waals surface area contributed by atoms with Gasteiger partial charge in [0, 0.05) is 6.04 Å². The summed E-state index contributed by atoms with van der Waals surface area (Å²) in [6, 6.07) is 7.38. The maximum Gasteiger partial charge on any atom is 0.123 e. The first-order valence-electron chi connectivity index (χ1n) is 7.02. The van der Waals surface area contributed by atoms with Crippen LogP contribution in [0.1, 0.15) is 39.7 Å². The number of nitrogens with one attached hydrogen (secondary N) is 1. The van der Waals surface area contributed by atoms with Crippen molar-refractivity contribution in [2.75, 3.05) is 6.54 Å². The van der Waals surface area contributed by atoms with Crippen molar-refractivity contribution in [1.29, 1.82) is 0 Å². The summed E-state index contributed by atoms with van der Waals surface area (Å²) in [6.07, 6.45) is 2.03. The molecule has 1 aromatic carbocycles. The molecule has 2 heteroatoms. The summed E-state index contributed by atoms with van der Waals surface area (Å²) in [5, 5.41) is 3.60. The number of rotatable bonds is 7. The second-order valence-electron chi connectivity index (χ2n) is 5.50. The highest BCUT2D eigenvalue weighted by Gasteiger charge is 2.19. The topological polar surface area (TPSA) is 12.0 Å². The predicted octanol–water partition coefficient (Wildman–Crippen LogP) is 4.03. The van der Waals surface area contributed by atoms with Gasteiger partial charge in [0.15, 0.2) is 0 Å². The van der Waals surface area contributed by atoms with Crippen LogP contribution in [0.2, 0.25) is 0 Å². The van der Waals surface area contributed by atoms with Crippen molar-refractivity contribution in [1.82, 2.24) is 5.32 Å². The summed E-state index contributed by atoms with van der Waals surface area (Å²) < 4.78 is 13.2. The quantitative estimate of drug-likeness (QED) is 0.771. The van der Waals surface area contributed by atoms with Gasteiger partial charge < -0.3 is 5.32 Å². The number of benzene rings is 1. The molecule has 2 unspecified atom stereocenters. The molecule has 0 aliphatic rings. The van der Waals surface area contributed by atoms with E-state index in [1.54, 1.807) is 12.1 Å². The van der Waals surface area contributed by atoms with E-state index in [0.717, 1.165) is 24.9 Å². The van der Waals surface area contributed by atoms with Gasteiger partial charge in [0.1, 0.15) is 5.82 Å². The van der Waals surface area contributed by atoms with E-state index in [9.17, 15) is 4.39 Å². The smallest absolute Gasteiger partial charge is 0.123 e. The third kappa shape index (κ3) is 4.77. The maximum absolute atomic E-state index is 13.2. The molecular weight excluding hydrogens is 225 g/mol. The molecule has 0 saturated heterocycles. The average molecular weight is 251 g/mol. The van der Waals surface area contributed by atoms with E-state index in [0.29, 0.717) is 17.9 Å². The van der Waals surface area contributed by atoms with Gasteiger partial charge in [-0.05, 0) is 48.9 Å². The Kier molecular flexibility index (Phi) is 6.34. The second kappa shape index (κ2) is 7.52. The van der Waals surface area contributed by atoms with Crippen LogP contribution in [0.25, 0.3) is 0 Å². The fraction of sp³-hybridized carbons (Fsp3) is 0.625. The molecule has 2 atom stereocenters. The Morgan fingerprint density at radius 2 is 1.94 bits per heavy atom. The van der Waals surface area contributed by atoms with E-state index in [1.807, 2.05) is 6.07 Å². The van der Waals surface area contributed by atoms with Crippen LogP contribution in [0.3, 0.4) is 0 Å². The molecule has 1 nitrogen and oxygen atoms in total. The van der Waals surface area contributed by atoms with Crippen molar-refractivity contribution >= 4 is 0 Å². The lowest BCUT2D eigenvalue weighted by atomic mass is 9.86. The van der Waals surface area contributed by atoms with Gasteiger partial charge in [-0.25, -0.2) is 4.39 Å². The van der Waals surface area contributed by atoms with Crippen molar-refractivity contribution in [2.45, 2.75) is 46.6 Å². The van der Waals surface area contributed by atoms with Gasteiger partial charge in [-0.2, -0.15) is 0 Å². The molecule has 1 aromatic rings. The van der Waals surface area contributed by atoms with Crippen LogP contribution < -0.4 is 5.32 Å². The van der Waals surface area contributed by atoms with Crippen LogP contribution in [-0.2, 0) is 6.42 Å². The second-order valence-corrected chi connectivity index (χ2v) is 5.50. The molecule has 0 aliphatic heterocycles. The monoisotopic (exact) mass is 251 g/mol. The van der Waals surface area contributed by atoms with Crippen molar-refractivity contribution in [3.8, 4) is 0 Å². The molecule has 102 valence electrons. The Labute approximate surface area is 111 Å². The zero-order chi connectivity index (χ0) is 13.5. The average Bonchev–Trinajstić information content (AvgIpc) is 2.33. The lowest BCUT2D eigenvalue weighted by Crippen LogP contribution is -2.39. The highest BCUT2D eigenvalue weighted by atomic mass is 19.1. The van der Waals surface area contributed by atoms with Gasteiger partial charge in [-0.3, -0.25) is 0 Å². The molecule has 0 bridgehead atoms. The number of hydrogen-bond acceptors (Lipinski definition) is 1. The highest BCUT2D eigenvalue weighted by Crippen LogP contribution is 2.18. The SMILES string of the molecule is CCCNC(Cc1cccc(F)c1)C(C)C(C)C. The van der Waals surface area contributed by atoms with Crippen LogP contribution in [0.4, 0.5) is 4.39 Å². The minimum absolute atomic E-state index is 0.140. The van der Waals surface area contributed by atoms with Crippen molar-refractivity contribution in [3.05, 3.63) is 35.6 Å². The summed E-state index contributed by atoms with van der Waals surface area (Å²) in [5.41, 5.74) is 1.08. The first-order valence-corrected chi connectivity index (χ1v) is 7.02. The molecular formula is C16H26FN. The Morgan fingerprint density at radius 1 is 1.22 bits per heavy atom. The third-order valence-electron chi connectivity index (χ3n) is 3.69. The molecule has 1 N–H and O–H groups in total. The van der Waals surface area contributed by atoms with Gasteiger partial charge in [0.05, 0.1) is 0 Å². The normalized spacial score (nSPS) is 14.8. The van der Waals surface area contributed by atoms with Crippen LogP contribution in [-0.4, -0.2) is 12.6 Å². The molecule has 1 rings (SSSR count). The Hall–Kier alpha value is -0.890. The summed E-state index contributed by atoms with van der Waals surface area (Å²) in [5.74, 6) is 1.08. The first kappa shape index (κ1) is 15.2. The van der Waals surface area contributed by atoms with E-state index < -0.39 is 0 Å². The van der Waals surface area contributed by atoms with Gasteiger partial charge in [-0.15, -0.1) is 0 Å². The van der Waals surface area contributed by atoms with E-state index in [1.165, 1.54) is 6.07 Å². The highest BCUT2D eigenvalue weighted by molar-refractivity contribution is 5.17. The fourth-order valence-electron chi connectivity index (χ4n) is 2.16. The van der Waals surface area contributed by atoms with E-state index in [2.05, 4.69) is 33.0 Å². The predicted molar refractivity (Wildman–Crippen MR) is 76.2 cm³/mol. The number of hydrogen-bond donors (Lipinski definition) is 1. The fourth-order valence-corrected chi connectivity index (χ4v) is 2.16. The van der Waals surface area contributed by atoms with Crippen LogP contribution >= 0.6 is 0 Å². The first-order chi connectivity index (χ1) is 8.54. The maximum atomic E-state index is 13.2. The van der Waals surface area contributed by atoms with Crippen LogP contribution in [0, 0.1) is 17.7 Å². The Bertz CT molecular complexity index is 349. The largest absolute Gasteiger partial charge is 0.313 e. The molecule has 18 heavy (non-hydrogen) atoms. The lowest BCUT2D eigenvalue weighted by molar-refractivity contribution is 0.297. The Morgan fingerprint density at radius 3 is 2.50 bits per heavy atom. The zero-order valence-corrected chi connectivity index (χ0v) is 12.0. The van der Waals surface area contributed by atoms with Crippen molar-refractivity contribution in [2.24, 2.45) is 11.8 Å². The van der Waals surface area contributed by atoms with E-state index in [4.69, 9.17) is 0 Å². The van der Waals surface area contributed by atoms with Crippen LogP contribution in [0.15, 0.2) is 24.3 Å². The summed E-state index contributed by atoms with van der Waals surface area (Å²) >= 11 is 0. The third-order valence-corrected chi connectivity index (χ3v) is 3.69. The zero-order valence-electron chi connectivity index (χ0n) is 12.0. The van der Waals surface area contributed by atoms with Gasteiger partial charge in [0.25, 0.3) is 0 Å². The molecule has 0 heterocycles. The van der Waals surface area contributed by atoms with Gasteiger partial charge in [-0.1, -0.05) is 39.8 Å². The van der Waals surface area contributed by atoms with E-state index >= 15 is 0 Å². The van der Waals surface area contributed by atoms with E-state index in [-0.39, 0.29) is 5.82 Å². The summed E-state index contributed by atoms with van der Waals surface area (Å²) in [7, 11) is 0. The standard InChI is InChI=1S/C16H26FN/c1-5-9-18-16(13(4)12(2)3)11-14-7-6-8-15(17)10-14/h6-8,10,12-13,16,18H,5,9,11H2,1-4H3. The molecule has 0 spiro atoms. The molecule has 0 amide bonds. The molecule has 0 saturated carbocycles. The summed E-state index contributed by atoms with van der Waals surface area (Å²) in [6.45, 7) is 9.97. The summed E-state index contributed by atoms with van der Waals surface area (Å²) in [4.78, 5) is 0. The van der Waals surface area contributed by atoms with Crippen LogP contribution in [0.5, 0.6) is 0 Å². The molecule has 0 radical (unpaired) electrons. The van der Waals surface area contributed by atoms with Crippen molar-refractivity contribution < 1.29 is 4.39 Å². The molecule has 0 aromatic heterocycles. The number of halogens is 1. The lowest BCUT2D eigenvalue weighted by Gasteiger charge is -2.28. The molecule has 0 fully saturated rings.